The third-order valence-corrected chi connectivity index (χ3v) is 6.20. The predicted octanol–water partition coefficient (Wildman–Crippen LogP) is 4.29. The molecule has 0 radical (unpaired) electrons. The van der Waals surface area contributed by atoms with Gasteiger partial charge in [-0.05, 0) is 73.8 Å². The summed E-state index contributed by atoms with van der Waals surface area (Å²) in [6, 6.07) is 12.3. The maximum atomic E-state index is 12.5. The van der Waals surface area contributed by atoms with E-state index in [0.29, 0.717) is 11.6 Å². The highest BCUT2D eigenvalue weighted by Gasteiger charge is 2.23. The predicted molar refractivity (Wildman–Crippen MR) is 104 cm³/mol. The van der Waals surface area contributed by atoms with Crippen molar-refractivity contribution in [2.45, 2.75) is 37.2 Å². The molecule has 0 bridgehead atoms. The lowest BCUT2D eigenvalue weighted by atomic mass is 9.98. The number of ether oxygens (including phenoxy) is 1. The van der Waals surface area contributed by atoms with Gasteiger partial charge in [0.25, 0.3) is 10.0 Å². The molecule has 0 amide bonds. The number of hydrogen-bond acceptors (Lipinski definition) is 4. The van der Waals surface area contributed by atoms with E-state index in [2.05, 4.69) is 21.3 Å². The van der Waals surface area contributed by atoms with E-state index in [1.165, 1.54) is 29.8 Å². The summed E-state index contributed by atoms with van der Waals surface area (Å²) in [5, 5.41) is 0. The van der Waals surface area contributed by atoms with Gasteiger partial charge < -0.3 is 9.64 Å². The van der Waals surface area contributed by atoms with E-state index in [4.69, 9.17) is 0 Å². The molecule has 1 aliphatic rings. The number of alkyl halides is 2. The number of likely N-dealkylation sites (tertiary alicyclic amines) is 1. The van der Waals surface area contributed by atoms with E-state index in [0.717, 1.165) is 32.5 Å². The zero-order valence-electron chi connectivity index (χ0n) is 15.6. The smallest absolute Gasteiger partial charge is 0.387 e. The van der Waals surface area contributed by atoms with Gasteiger partial charge in [-0.3, -0.25) is 4.72 Å². The standard InChI is InChI=1S/C20H24F2N2O3S/c1-2-12-24-13-11-16(14-24)15-3-5-17(6-4-15)23-28(25,26)19-9-7-18(8-10-19)27-20(21)22/h3-10,16,20,23H,2,11-14H2,1H3/t16-/m1/s1. The van der Waals surface area contributed by atoms with Crippen molar-refractivity contribution in [2.75, 3.05) is 24.4 Å². The molecule has 2 aromatic rings. The minimum Gasteiger partial charge on any atom is -0.435 e. The molecule has 0 spiro atoms. The van der Waals surface area contributed by atoms with Crippen molar-refractivity contribution in [3.8, 4) is 5.75 Å². The van der Waals surface area contributed by atoms with Crippen molar-refractivity contribution in [1.82, 2.24) is 4.90 Å². The zero-order chi connectivity index (χ0) is 20.1. The minimum atomic E-state index is -3.81. The number of hydrogen-bond donors (Lipinski definition) is 1. The normalized spacial score (nSPS) is 17.8. The lowest BCUT2D eigenvalue weighted by molar-refractivity contribution is -0.0498. The third kappa shape index (κ3) is 5.20. The molecule has 0 unspecified atom stereocenters. The Morgan fingerprint density at radius 1 is 1.14 bits per heavy atom. The van der Waals surface area contributed by atoms with Crippen molar-refractivity contribution in [1.29, 1.82) is 0 Å². The molecule has 5 nitrogen and oxygen atoms in total. The van der Waals surface area contributed by atoms with Crippen molar-refractivity contribution >= 4 is 15.7 Å². The van der Waals surface area contributed by atoms with Gasteiger partial charge in [0, 0.05) is 12.2 Å². The van der Waals surface area contributed by atoms with Crippen LogP contribution in [0.3, 0.4) is 0 Å². The molecule has 1 fully saturated rings. The van der Waals surface area contributed by atoms with Crippen LogP contribution in [0.15, 0.2) is 53.4 Å². The van der Waals surface area contributed by atoms with E-state index in [1.807, 2.05) is 12.1 Å². The topological polar surface area (TPSA) is 58.6 Å². The Morgan fingerprint density at radius 3 is 2.43 bits per heavy atom. The SMILES string of the molecule is CCCN1CC[C@@H](c2ccc(NS(=O)(=O)c3ccc(OC(F)F)cc3)cc2)C1. The first-order valence-corrected chi connectivity index (χ1v) is 10.8. The molecule has 2 aromatic carbocycles. The highest BCUT2D eigenvalue weighted by Crippen LogP contribution is 2.28. The summed E-state index contributed by atoms with van der Waals surface area (Å²) >= 11 is 0. The van der Waals surface area contributed by atoms with Gasteiger partial charge in [0.05, 0.1) is 4.90 Å². The Bertz CT molecular complexity index is 871. The molecule has 8 heteroatoms. The first-order valence-electron chi connectivity index (χ1n) is 9.27. The monoisotopic (exact) mass is 410 g/mol. The minimum absolute atomic E-state index is 0.0239. The number of nitrogens with zero attached hydrogens (tertiary/aromatic N) is 1. The van der Waals surface area contributed by atoms with Crippen LogP contribution in [-0.2, 0) is 10.0 Å². The Kier molecular flexibility index (Phi) is 6.51. The Morgan fingerprint density at radius 2 is 1.82 bits per heavy atom. The van der Waals surface area contributed by atoms with Crippen LogP contribution in [0, 0.1) is 0 Å². The fraction of sp³-hybridized carbons (Fsp3) is 0.400. The van der Waals surface area contributed by atoms with Crippen LogP contribution in [0.2, 0.25) is 0 Å². The van der Waals surface area contributed by atoms with E-state index in [1.54, 1.807) is 12.1 Å². The quantitative estimate of drug-likeness (QED) is 0.705. The van der Waals surface area contributed by atoms with Gasteiger partial charge in [0.2, 0.25) is 0 Å². The average molecular weight is 410 g/mol. The van der Waals surface area contributed by atoms with Crippen LogP contribution >= 0.6 is 0 Å². The molecule has 0 aliphatic carbocycles. The maximum absolute atomic E-state index is 12.5. The van der Waals surface area contributed by atoms with Crippen molar-refractivity contribution < 1.29 is 21.9 Å². The van der Waals surface area contributed by atoms with Crippen LogP contribution in [0.1, 0.15) is 31.2 Å². The average Bonchev–Trinajstić information content (AvgIpc) is 3.11. The first-order chi connectivity index (χ1) is 13.4. The Balaban J connectivity index is 1.64. The fourth-order valence-corrected chi connectivity index (χ4v) is 4.52. The molecule has 28 heavy (non-hydrogen) atoms. The van der Waals surface area contributed by atoms with Gasteiger partial charge in [-0.25, -0.2) is 8.42 Å². The highest BCUT2D eigenvalue weighted by molar-refractivity contribution is 7.92. The first kappa shape index (κ1) is 20.5. The second-order valence-electron chi connectivity index (χ2n) is 6.86. The van der Waals surface area contributed by atoms with E-state index in [-0.39, 0.29) is 10.6 Å². The number of anilines is 1. The Labute approximate surface area is 164 Å². The molecule has 1 aliphatic heterocycles. The number of halogens is 2. The summed E-state index contributed by atoms with van der Waals surface area (Å²) in [5.74, 6) is 0.381. The van der Waals surface area contributed by atoms with Crippen molar-refractivity contribution in [2.24, 2.45) is 0 Å². The maximum Gasteiger partial charge on any atom is 0.387 e. The molecule has 1 saturated heterocycles. The van der Waals surface area contributed by atoms with Gasteiger partial charge in [-0.1, -0.05) is 19.1 Å². The molecule has 3 rings (SSSR count). The molecule has 0 aromatic heterocycles. The number of nitrogens with one attached hydrogen (secondary N) is 1. The number of benzene rings is 2. The molecule has 152 valence electrons. The third-order valence-electron chi connectivity index (χ3n) is 4.81. The van der Waals surface area contributed by atoms with E-state index >= 15 is 0 Å². The molecule has 1 N–H and O–H groups in total. The summed E-state index contributed by atoms with van der Waals surface area (Å²) in [6.07, 6.45) is 2.25. The molecular weight excluding hydrogens is 386 g/mol. The van der Waals surface area contributed by atoms with Crippen LogP contribution in [0.25, 0.3) is 0 Å². The zero-order valence-corrected chi connectivity index (χ0v) is 16.5. The van der Waals surface area contributed by atoms with Crippen LogP contribution < -0.4 is 9.46 Å². The molecule has 1 heterocycles. The van der Waals surface area contributed by atoms with E-state index in [9.17, 15) is 17.2 Å². The van der Waals surface area contributed by atoms with Gasteiger partial charge in [-0.15, -0.1) is 0 Å². The summed E-state index contributed by atoms with van der Waals surface area (Å²) in [4.78, 5) is 2.42. The van der Waals surface area contributed by atoms with Gasteiger partial charge in [0.15, 0.2) is 0 Å². The van der Waals surface area contributed by atoms with Crippen molar-refractivity contribution in [3.05, 3.63) is 54.1 Å². The molecule has 0 saturated carbocycles. The fourth-order valence-electron chi connectivity index (χ4n) is 3.46. The summed E-state index contributed by atoms with van der Waals surface area (Å²) in [6.45, 7) is 2.46. The van der Waals surface area contributed by atoms with E-state index < -0.39 is 16.6 Å². The van der Waals surface area contributed by atoms with Gasteiger partial charge in [-0.2, -0.15) is 8.78 Å². The second kappa shape index (κ2) is 8.87. The van der Waals surface area contributed by atoms with Crippen molar-refractivity contribution in [3.63, 3.8) is 0 Å². The van der Waals surface area contributed by atoms with Crippen LogP contribution in [0.4, 0.5) is 14.5 Å². The Hall–Kier alpha value is -2.19. The van der Waals surface area contributed by atoms with Gasteiger partial charge >= 0.3 is 6.61 Å². The summed E-state index contributed by atoms with van der Waals surface area (Å²) < 4.78 is 56.1. The summed E-state index contributed by atoms with van der Waals surface area (Å²) in [5.41, 5.74) is 1.66. The van der Waals surface area contributed by atoms with Crippen LogP contribution in [0.5, 0.6) is 5.75 Å². The number of rotatable bonds is 8. The summed E-state index contributed by atoms with van der Waals surface area (Å²) in [7, 11) is -3.81. The molecule has 1 atom stereocenters. The number of sulfonamides is 1. The lowest BCUT2D eigenvalue weighted by Gasteiger charge is -2.15. The van der Waals surface area contributed by atoms with Crippen LogP contribution in [-0.4, -0.2) is 39.6 Å². The largest absolute Gasteiger partial charge is 0.435 e. The highest BCUT2D eigenvalue weighted by atomic mass is 32.2. The molecular formula is C20H24F2N2O3S. The van der Waals surface area contributed by atoms with Gasteiger partial charge in [0.1, 0.15) is 5.75 Å². The lowest BCUT2D eigenvalue weighted by Crippen LogP contribution is -2.20. The second-order valence-corrected chi connectivity index (χ2v) is 8.55.